The van der Waals surface area contributed by atoms with Crippen LogP contribution >= 0.6 is 0 Å². The fraction of sp³-hybridized carbons (Fsp3) is 0.778. The van der Waals surface area contributed by atoms with Gasteiger partial charge in [0.2, 0.25) is 0 Å². The number of benzene rings is 1. The zero-order valence-corrected chi connectivity index (χ0v) is 22.9. The summed E-state index contributed by atoms with van der Waals surface area (Å²) in [6, 6.07) is 0. The van der Waals surface area contributed by atoms with Gasteiger partial charge in [-0.15, -0.1) is 0 Å². The molecule has 0 saturated carbocycles. The van der Waals surface area contributed by atoms with Gasteiger partial charge in [-0.25, -0.2) is 0 Å². The Labute approximate surface area is 202 Å². The van der Waals surface area contributed by atoms with Crippen LogP contribution in [0.25, 0.3) is 0 Å². The molecule has 1 aromatic rings. The zero-order chi connectivity index (χ0) is 25.0. The molecule has 0 saturated heterocycles. The predicted octanol–water partition coefficient (Wildman–Crippen LogP) is 6.98. The zero-order valence-electron chi connectivity index (χ0n) is 22.1. The molecule has 6 heteroatoms. The summed E-state index contributed by atoms with van der Waals surface area (Å²) in [5.74, 6) is 2.81. The second-order valence-corrected chi connectivity index (χ2v) is 12.6. The van der Waals surface area contributed by atoms with Gasteiger partial charge in [-0.05, 0) is 88.8 Å². The summed E-state index contributed by atoms with van der Waals surface area (Å²) < 4.78 is 44.3. The van der Waals surface area contributed by atoms with Crippen LogP contribution in [0.1, 0.15) is 102 Å². The van der Waals surface area contributed by atoms with E-state index in [1.807, 2.05) is 13.8 Å². The van der Waals surface area contributed by atoms with Crippen LogP contribution in [0.3, 0.4) is 0 Å². The van der Waals surface area contributed by atoms with Gasteiger partial charge in [0.15, 0.2) is 0 Å². The summed E-state index contributed by atoms with van der Waals surface area (Å²) in [4.78, 5) is 0. The molecule has 2 rings (SSSR count). The van der Waals surface area contributed by atoms with Crippen LogP contribution in [0.4, 0.5) is 0 Å². The lowest BCUT2D eigenvalue weighted by Gasteiger charge is -2.38. The Bertz CT molecular complexity index is 906. The molecular weight excluding hydrogens is 436 g/mol. The van der Waals surface area contributed by atoms with Crippen LogP contribution in [-0.4, -0.2) is 30.4 Å². The molecule has 0 fully saturated rings. The lowest BCUT2D eigenvalue weighted by Crippen LogP contribution is -2.37. The monoisotopic (exact) mass is 482 g/mol. The van der Waals surface area contributed by atoms with Crippen molar-refractivity contribution in [3.05, 3.63) is 22.3 Å². The van der Waals surface area contributed by atoms with E-state index in [9.17, 15) is 8.42 Å². The molecule has 1 N–H and O–H groups in total. The van der Waals surface area contributed by atoms with Gasteiger partial charge in [-0.2, -0.15) is 8.42 Å². The van der Waals surface area contributed by atoms with Crippen molar-refractivity contribution >= 4 is 10.1 Å². The number of rotatable bonds is 12. The summed E-state index contributed by atoms with van der Waals surface area (Å²) >= 11 is 0. The van der Waals surface area contributed by atoms with E-state index in [4.69, 9.17) is 14.0 Å². The maximum absolute atomic E-state index is 11.2. The highest BCUT2D eigenvalue weighted by Gasteiger charge is 2.34. The Kier molecular flexibility index (Phi) is 9.70. The van der Waals surface area contributed by atoms with E-state index in [0.717, 1.165) is 59.1 Å². The minimum absolute atomic E-state index is 0.158. The van der Waals surface area contributed by atoms with Gasteiger partial charge < -0.3 is 9.47 Å². The van der Waals surface area contributed by atoms with E-state index >= 15 is 0 Å². The molecule has 0 spiro atoms. The number of fused-ring (bicyclic) bond motifs is 1. The van der Waals surface area contributed by atoms with E-state index in [1.54, 1.807) is 6.92 Å². The Balaban J connectivity index is 2.06. The maximum atomic E-state index is 11.2. The maximum Gasteiger partial charge on any atom is 0.268 e. The normalized spacial score (nSPS) is 20.3. The molecule has 0 bridgehead atoms. The van der Waals surface area contributed by atoms with Crippen molar-refractivity contribution in [1.82, 2.24) is 0 Å². The summed E-state index contributed by atoms with van der Waals surface area (Å²) in [5, 5.41) is 0. The van der Waals surface area contributed by atoms with Crippen molar-refractivity contribution in [2.75, 3.05) is 5.75 Å². The van der Waals surface area contributed by atoms with Crippen LogP contribution in [-0.2, 0) is 16.5 Å². The highest BCUT2D eigenvalue weighted by molar-refractivity contribution is 7.85. The molecule has 33 heavy (non-hydrogen) atoms. The van der Waals surface area contributed by atoms with E-state index < -0.39 is 22.0 Å². The molecule has 3 unspecified atom stereocenters. The van der Waals surface area contributed by atoms with E-state index in [0.29, 0.717) is 5.75 Å². The minimum Gasteiger partial charge on any atom is -0.489 e. The highest BCUT2D eigenvalue weighted by atomic mass is 32.2. The van der Waals surface area contributed by atoms with Crippen molar-refractivity contribution in [2.45, 2.75) is 118 Å². The van der Waals surface area contributed by atoms with E-state index in [-0.39, 0.29) is 5.60 Å². The largest absolute Gasteiger partial charge is 0.489 e. The first-order valence-corrected chi connectivity index (χ1v) is 14.3. The Morgan fingerprint density at radius 1 is 1.00 bits per heavy atom. The molecule has 1 heterocycles. The molecule has 190 valence electrons. The second kappa shape index (κ2) is 11.4. The van der Waals surface area contributed by atoms with E-state index in [2.05, 4.69) is 34.6 Å². The first-order chi connectivity index (χ1) is 15.2. The van der Waals surface area contributed by atoms with Crippen LogP contribution in [0.5, 0.6) is 11.5 Å². The van der Waals surface area contributed by atoms with Crippen LogP contribution in [0.15, 0.2) is 0 Å². The van der Waals surface area contributed by atoms with Crippen LogP contribution in [0.2, 0.25) is 0 Å². The summed E-state index contributed by atoms with van der Waals surface area (Å²) in [5.41, 5.74) is 4.03. The molecule has 1 aromatic carbocycles. The Morgan fingerprint density at radius 2 is 1.64 bits per heavy atom. The first-order valence-electron chi connectivity index (χ1n) is 12.7. The quantitative estimate of drug-likeness (QED) is 0.325. The fourth-order valence-electron chi connectivity index (χ4n) is 5.01. The van der Waals surface area contributed by atoms with E-state index in [1.165, 1.54) is 32.1 Å². The lowest BCUT2D eigenvalue weighted by atomic mass is 9.84. The number of hydrogen-bond donors (Lipinski definition) is 1. The van der Waals surface area contributed by atoms with Crippen LogP contribution in [0, 0.1) is 32.6 Å². The van der Waals surface area contributed by atoms with Gasteiger partial charge in [0.1, 0.15) is 29.0 Å². The molecule has 1 aliphatic rings. The van der Waals surface area contributed by atoms with Crippen molar-refractivity contribution < 1.29 is 22.4 Å². The van der Waals surface area contributed by atoms with Crippen molar-refractivity contribution in [3.63, 3.8) is 0 Å². The molecule has 0 aliphatic carbocycles. The highest BCUT2D eigenvalue weighted by Crippen LogP contribution is 2.45. The van der Waals surface area contributed by atoms with Gasteiger partial charge in [-0.3, -0.25) is 4.55 Å². The molecule has 1 aliphatic heterocycles. The third kappa shape index (κ3) is 8.17. The molecular formula is C27H46O5S. The minimum atomic E-state index is -4.09. The summed E-state index contributed by atoms with van der Waals surface area (Å²) in [6.07, 6.45) is 8.70. The standard InChI is InChI=1S/C27H46O5S/c1-18(2)11-9-12-19(3)13-10-15-27(8)16-14-24-23(7)25(21(5)22(6)26(24)32-27)31-20(4)17-33(28,29)30/h18-20H,9-17H2,1-8H3,(H,28,29,30). The van der Waals surface area contributed by atoms with Gasteiger partial charge in [0.25, 0.3) is 10.1 Å². The Morgan fingerprint density at radius 3 is 2.24 bits per heavy atom. The third-order valence-corrected chi connectivity index (χ3v) is 8.10. The number of hydrogen-bond acceptors (Lipinski definition) is 4. The average molecular weight is 483 g/mol. The van der Waals surface area contributed by atoms with Gasteiger partial charge in [-0.1, -0.05) is 46.5 Å². The smallest absolute Gasteiger partial charge is 0.268 e. The summed E-state index contributed by atoms with van der Waals surface area (Å²) in [6.45, 7) is 16.9. The lowest BCUT2D eigenvalue weighted by molar-refractivity contribution is 0.0510. The third-order valence-electron chi connectivity index (χ3n) is 7.21. The van der Waals surface area contributed by atoms with Crippen molar-refractivity contribution in [2.24, 2.45) is 11.8 Å². The number of ether oxygens (including phenoxy) is 2. The molecule has 0 aromatic heterocycles. The fourth-order valence-corrected chi connectivity index (χ4v) is 5.67. The SMILES string of the molecule is Cc1c(C)c2c(c(C)c1OC(C)CS(=O)(=O)O)CCC(C)(CCCC(C)CCCC(C)C)O2. The van der Waals surface area contributed by atoms with Gasteiger partial charge in [0, 0.05) is 5.56 Å². The van der Waals surface area contributed by atoms with Gasteiger partial charge in [0.05, 0.1) is 0 Å². The average Bonchev–Trinajstić information content (AvgIpc) is 2.68. The van der Waals surface area contributed by atoms with Gasteiger partial charge >= 0.3 is 0 Å². The predicted molar refractivity (Wildman–Crippen MR) is 136 cm³/mol. The van der Waals surface area contributed by atoms with Crippen molar-refractivity contribution in [3.8, 4) is 11.5 Å². The molecule has 0 radical (unpaired) electrons. The molecule has 0 amide bonds. The summed E-state index contributed by atoms with van der Waals surface area (Å²) in [7, 11) is -4.09. The topological polar surface area (TPSA) is 72.8 Å². The Hall–Kier alpha value is -1.27. The van der Waals surface area contributed by atoms with Crippen molar-refractivity contribution in [1.29, 1.82) is 0 Å². The molecule has 3 atom stereocenters. The second-order valence-electron chi connectivity index (χ2n) is 11.1. The van der Waals surface area contributed by atoms with Crippen LogP contribution < -0.4 is 9.47 Å². The first kappa shape index (κ1) is 28.0. The molecule has 5 nitrogen and oxygen atoms in total.